The molecule has 2 N–H and O–H groups in total. The summed E-state index contributed by atoms with van der Waals surface area (Å²) in [6.45, 7) is 6.93. The molecule has 0 bridgehead atoms. The standard InChI is InChI=1S/C21H24N2O/c1-15-13-18-14-17(9-10-19(18)24-21(15,2)3)20(22)23-12-11-16-7-5-4-6-8-16/h4-10,13-14H,11-12H2,1-3H3,(H2,22,23). The lowest BCUT2D eigenvalue weighted by Gasteiger charge is -2.32. The summed E-state index contributed by atoms with van der Waals surface area (Å²) in [6, 6.07) is 16.3. The third-order valence-electron chi connectivity index (χ3n) is 4.52. The molecule has 0 radical (unpaired) electrons. The van der Waals surface area contributed by atoms with Gasteiger partial charge in [-0.05, 0) is 62.6 Å². The van der Waals surface area contributed by atoms with Crippen molar-refractivity contribution in [1.29, 1.82) is 0 Å². The van der Waals surface area contributed by atoms with E-state index in [0.717, 1.165) is 23.3 Å². The molecule has 24 heavy (non-hydrogen) atoms. The van der Waals surface area contributed by atoms with E-state index in [9.17, 15) is 0 Å². The van der Waals surface area contributed by atoms with Crippen molar-refractivity contribution in [2.45, 2.75) is 32.8 Å². The van der Waals surface area contributed by atoms with Crippen molar-refractivity contribution in [2.75, 3.05) is 6.54 Å². The minimum absolute atomic E-state index is 0.260. The van der Waals surface area contributed by atoms with E-state index in [1.807, 2.05) is 30.3 Å². The Bertz CT molecular complexity index is 789. The first-order chi connectivity index (χ1) is 11.5. The van der Waals surface area contributed by atoms with Crippen molar-refractivity contribution in [3.63, 3.8) is 0 Å². The van der Waals surface area contributed by atoms with Crippen LogP contribution >= 0.6 is 0 Å². The monoisotopic (exact) mass is 320 g/mol. The molecule has 0 saturated heterocycles. The van der Waals surface area contributed by atoms with E-state index in [1.54, 1.807) is 0 Å². The molecule has 3 nitrogen and oxygen atoms in total. The summed E-state index contributed by atoms with van der Waals surface area (Å²) >= 11 is 0. The van der Waals surface area contributed by atoms with Crippen LogP contribution in [0.1, 0.15) is 37.5 Å². The van der Waals surface area contributed by atoms with Gasteiger partial charge in [0.15, 0.2) is 0 Å². The average molecular weight is 320 g/mol. The Hall–Kier alpha value is -2.55. The average Bonchev–Trinajstić information content (AvgIpc) is 2.56. The maximum atomic E-state index is 6.17. The van der Waals surface area contributed by atoms with Crippen LogP contribution in [0.5, 0.6) is 5.75 Å². The molecular formula is C21H24N2O. The van der Waals surface area contributed by atoms with Crippen molar-refractivity contribution in [3.05, 3.63) is 70.8 Å². The zero-order valence-corrected chi connectivity index (χ0v) is 14.5. The zero-order valence-electron chi connectivity index (χ0n) is 14.5. The first-order valence-electron chi connectivity index (χ1n) is 8.32. The van der Waals surface area contributed by atoms with E-state index in [1.165, 1.54) is 11.1 Å². The highest BCUT2D eigenvalue weighted by Crippen LogP contribution is 2.35. The number of benzene rings is 2. The first-order valence-corrected chi connectivity index (χ1v) is 8.32. The van der Waals surface area contributed by atoms with Crippen LogP contribution in [-0.2, 0) is 6.42 Å². The zero-order chi connectivity index (χ0) is 17.2. The van der Waals surface area contributed by atoms with E-state index >= 15 is 0 Å². The lowest BCUT2D eigenvalue weighted by molar-refractivity contribution is 0.145. The van der Waals surface area contributed by atoms with Gasteiger partial charge in [0, 0.05) is 17.7 Å². The Morgan fingerprint density at radius 2 is 1.88 bits per heavy atom. The third kappa shape index (κ3) is 3.51. The molecule has 3 heteroatoms. The molecule has 0 aliphatic carbocycles. The number of amidine groups is 1. The van der Waals surface area contributed by atoms with Gasteiger partial charge in [0.1, 0.15) is 17.2 Å². The molecule has 0 saturated carbocycles. The fourth-order valence-corrected chi connectivity index (χ4v) is 2.72. The van der Waals surface area contributed by atoms with E-state index in [4.69, 9.17) is 10.5 Å². The molecule has 0 aromatic heterocycles. The molecule has 124 valence electrons. The number of fused-ring (bicyclic) bond motifs is 1. The van der Waals surface area contributed by atoms with Gasteiger partial charge >= 0.3 is 0 Å². The summed E-state index contributed by atoms with van der Waals surface area (Å²) in [5.74, 6) is 1.47. The maximum absolute atomic E-state index is 6.17. The Labute approximate surface area is 143 Å². The van der Waals surface area contributed by atoms with Gasteiger partial charge in [-0.2, -0.15) is 0 Å². The van der Waals surface area contributed by atoms with Crippen molar-refractivity contribution in [3.8, 4) is 5.75 Å². The normalized spacial score (nSPS) is 16.1. The predicted molar refractivity (Wildman–Crippen MR) is 101 cm³/mol. The summed E-state index contributed by atoms with van der Waals surface area (Å²) in [6.07, 6.45) is 3.06. The van der Waals surface area contributed by atoms with E-state index in [-0.39, 0.29) is 5.60 Å². The first kappa shape index (κ1) is 16.3. The Morgan fingerprint density at radius 1 is 1.12 bits per heavy atom. The molecule has 0 fully saturated rings. The van der Waals surface area contributed by atoms with E-state index < -0.39 is 0 Å². The second-order valence-corrected chi connectivity index (χ2v) is 6.69. The number of rotatable bonds is 4. The number of nitrogens with zero attached hydrogens (tertiary/aromatic N) is 1. The second-order valence-electron chi connectivity index (χ2n) is 6.69. The summed E-state index contributed by atoms with van der Waals surface area (Å²) in [7, 11) is 0. The van der Waals surface area contributed by atoms with Gasteiger partial charge in [-0.25, -0.2) is 0 Å². The van der Waals surface area contributed by atoms with Crippen molar-refractivity contribution in [1.82, 2.24) is 0 Å². The van der Waals surface area contributed by atoms with Gasteiger partial charge in [0.25, 0.3) is 0 Å². The quantitative estimate of drug-likeness (QED) is 0.677. The van der Waals surface area contributed by atoms with Gasteiger partial charge in [-0.1, -0.05) is 30.3 Å². The summed E-state index contributed by atoms with van der Waals surface area (Å²) in [5, 5.41) is 0. The summed E-state index contributed by atoms with van der Waals surface area (Å²) < 4.78 is 6.06. The van der Waals surface area contributed by atoms with Crippen molar-refractivity contribution in [2.24, 2.45) is 10.7 Å². The molecule has 0 spiro atoms. The molecule has 2 aromatic rings. The lowest BCUT2D eigenvalue weighted by atomic mass is 9.93. The second kappa shape index (κ2) is 6.52. The van der Waals surface area contributed by atoms with Crippen LogP contribution in [0.2, 0.25) is 0 Å². The van der Waals surface area contributed by atoms with Crippen LogP contribution in [-0.4, -0.2) is 18.0 Å². The SMILES string of the molecule is CC1=Cc2cc(C(N)=NCCc3ccccc3)ccc2OC1(C)C. The minimum atomic E-state index is -0.260. The van der Waals surface area contributed by atoms with Crippen LogP contribution in [0.25, 0.3) is 6.08 Å². The van der Waals surface area contributed by atoms with Gasteiger partial charge in [0.2, 0.25) is 0 Å². The van der Waals surface area contributed by atoms with Crippen LogP contribution in [0.4, 0.5) is 0 Å². The number of hydrogen-bond acceptors (Lipinski definition) is 2. The summed E-state index contributed by atoms with van der Waals surface area (Å²) in [5.41, 5.74) is 10.4. The van der Waals surface area contributed by atoms with Crippen molar-refractivity contribution < 1.29 is 4.74 Å². The van der Waals surface area contributed by atoms with Crippen LogP contribution in [0.3, 0.4) is 0 Å². The highest BCUT2D eigenvalue weighted by molar-refractivity contribution is 5.98. The Balaban J connectivity index is 1.74. The molecule has 1 aliphatic rings. The fourth-order valence-electron chi connectivity index (χ4n) is 2.72. The van der Waals surface area contributed by atoms with E-state index in [0.29, 0.717) is 12.4 Å². The van der Waals surface area contributed by atoms with Gasteiger partial charge in [0.05, 0.1) is 0 Å². The molecule has 2 aromatic carbocycles. The number of ether oxygens (including phenoxy) is 1. The summed E-state index contributed by atoms with van der Waals surface area (Å²) in [4.78, 5) is 4.52. The van der Waals surface area contributed by atoms with Crippen LogP contribution in [0.15, 0.2) is 59.1 Å². The molecule has 1 heterocycles. The highest BCUT2D eigenvalue weighted by Gasteiger charge is 2.27. The molecule has 0 amide bonds. The van der Waals surface area contributed by atoms with Crippen molar-refractivity contribution >= 4 is 11.9 Å². The third-order valence-corrected chi connectivity index (χ3v) is 4.52. The van der Waals surface area contributed by atoms with Gasteiger partial charge < -0.3 is 10.5 Å². The Morgan fingerprint density at radius 3 is 2.62 bits per heavy atom. The fraction of sp³-hybridized carbons (Fsp3) is 0.286. The Kier molecular flexibility index (Phi) is 4.43. The van der Waals surface area contributed by atoms with Gasteiger partial charge in [-0.15, -0.1) is 0 Å². The predicted octanol–water partition coefficient (Wildman–Crippen LogP) is 4.21. The lowest BCUT2D eigenvalue weighted by Crippen LogP contribution is -2.32. The minimum Gasteiger partial charge on any atom is -0.483 e. The largest absolute Gasteiger partial charge is 0.483 e. The maximum Gasteiger partial charge on any atom is 0.127 e. The highest BCUT2D eigenvalue weighted by atomic mass is 16.5. The van der Waals surface area contributed by atoms with Crippen LogP contribution in [0, 0.1) is 0 Å². The molecule has 1 aliphatic heterocycles. The topological polar surface area (TPSA) is 47.6 Å². The molecule has 0 atom stereocenters. The number of nitrogens with two attached hydrogens (primary N) is 1. The molecule has 3 rings (SSSR count). The number of hydrogen-bond donors (Lipinski definition) is 1. The molecule has 0 unspecified atom stereocenters. The van der Waals surface area contributed by atoms with E-state index in [2.05, 4.69) is 50.0 Å². The van der Waals surface area contributed by atoms with Gasteiger partial charge in [-0.3, -0.25) is 4.99 Å². The van der Waals surface area contributed by atoms with Crippen LogP contribution < -0.4 is 10.5 Å². The molecular weight excluding hydrogens is 296 g/mol. The smallest absolute Gasteiger partial charge is 0.127 e. The number of aliphatic imine (C=N–C) groups is 1.